The lowest BCUT2D eigenvalue weighted by atomic mass is 9.73. The zero-order chi connectivity index (χ0) is 33.3. The van der Waals surface area contributed by atoms with Crippen LogP contribution in [0, 0.1) is 0 Å². The Morgan fingerprint density at radius 1 is 0.957 bits per heavy atom. The average Bonchev–Trinajstić information content (AvgIpc) is 3.30. The van der Waals surface area contributed by atoms with Crippen molar-refractivity contribution in [2.24, 2.45) is 0 Å². The van der Waals surface area contributed by atoms with Crippen LogP contribution in [0.1, 0.15) is 60.6 Å². The summed E-state index contributed by atoms with van der Waals surface area (Å²) < 4.78 is 98.8. The molecule has 5 rings (SSSR count). The minimum absolute atomic E-state index is 0.0614. The third-order valence-corrected chi connectivity index (χ3v) is 8.74. The molecule has 3 aromatic carbocycles. The number of hydrogen-bond donors (Lipinski definition) is 1. The first-order chi connectivity index (χ1) is 21.6. The van der Waals surface area contributed by atoms with E-state index in [1.807, 2.05) is 6.07 Å². The van der Waals surface area contributed by atoms with Gasteiger partial charge in [-0.25, -0.2) is 9.59 Å². The number of carbonyl (C=O) groups excluding carboxylic acids is 2. The first kappa shape index (κ1) is 33.1. The topological polar surface area (TPSA) is 77.1 Å². The van der Waals surface area contributed by atoms with Crippen molar-refractivity contribution in [3.63, 3.8) is 0 Å². The van der Waals surface area contributed by atoms with E-state index in [9.17, 15) is 35.9 Å². The number of amides is 2. The number of piperidine rings is 1. The first-order valence-corrected chi connectivity index (χ1v) is 14.6. The van der Waals surface area contributed by atoms with E-state index in [1.54, 1.807) is 61.5 Å². The Labute approximate surface area is 261 Å². The molecule has 2 heterocycles. The predicted octanol–water partition coefficient (Wildman–Crippen LogP) is 8.00. The van der Waals surface area contributed by atoms with Crippen LogP contribution in [0.2, 0.25) is 0 Å². The van der Waals surface area contributed by atoms with Gasteiger partial charge in [0.25, 0.3) is 0 Å². The summed E-state index contributed by atoms with van der Waals surface area (Å²) in [7, 11) is 0. The summed E-state index contributed by atoms with van der Waals surface area (Å²) in [5.41, 5.74) is -4.18. The molecule has 13 heteroatoms. The molecule has 0 aromatic heterocycles. The number of benzene rings is 3. The van der Waals surface area contributed by atoms with E-state index in [1.165, 1.54) is 11.8 Å². The molecule has 0 radical (unpaired) electrons. The second-order valence-electron chi connectivity index (χ2n) is 11.6. The van der Waals surface area contributed by atoms with Gasteiger partial charge < -0.3 is 19.5 Å². The molecule has 2 amide bonds. The summed E-state index contributed by atoms with van der Waals surface area (Å²) in [5.74, 6) is 0. The summed E-state index contributed by atoms with van der Waals surface area (Å²) in [4.78, 5) is 27.6. The van der Waals surface area contributed by atoms with Crippen molar-refractivity contribution in [2.45, 2.75) is 68.9 Å². The SMILES string of the molecule is CC1OC(=O)NC12CCC(CO[C@H](C)c1cc(C(F)(F)F)cc(C(F)(F)F)c1)(c1ccccc1)N(C(=O)OCc1ccccc1)C2. The summed E-state index contributed by atoms with van der Waals surface area (Å²) in [6, 6.07) is 19.0. The van der Waals surface area contributed by atoms with E-state index >= 15 is 0 Å². The molecule has 1 spiro atoms. The lowest BCUT2D eigenvalue weighted by molar-refractivity contribution is -0.143. The number of halogens is 6. The van der Waals surface area contributed by atoms with Crippen LogP contribution in [0.4, 0.5) is 35.9 Å². The second-order valence-corrected chi connectivity index (χ2v) is 11.6. The van der Waals surface area contributed by atoms with Gasteiger partial charge in [0.05, 0.1) is 41.5 Å². The van der Waals surface area contributed by atoms with Gasteiger partial charge >= 0.3 is 24.5 Å². The summed E-state index contributed by atoms with van der Waals surface area (Å²) in [5, 5.41) is 2.83. The largest absolute Gasteiger partial charge is 0.445 e. The molecule has 3 aromatic rings. The smallest absolute Gasteiger partial charge is 0.416 e. The fraction of sp³-hybridized carbons (Fsp3) is 0.394. The molecule has 2 aliphatic heterocycles. The van der Waals surface area contributed by atoms with Gasteiger partial charge in [0.15, 0.2) is 0 Å². The zero-order valence-corrected chi connectivity index (χ0v) is 25.0. The Bertz CT molecular complexity index is 1520. The van der Waals surface area contributed by atoms with E-state index in [4.69, 9.17) is 14.2 Å². The molecule has 0 bridgehead atoms. The van der Waals surface area contributed by atoms with Crippen molar-refractivity contribution >= 4 is 12.2 Å². The molecule has 246 valence electrons. The maximum Gasteiger partial charge on any atom is 0.416 e. The number of likely N-dealkylation sites (tertiary alicyclic amines) is 1. The lowest BCUT2D eigenvalue weighted by Gasteiger charge is -2.52. The van der Waals surface area contributed by atoms with Gasteiger partial charge in [-0.2, -0.15) is 26.3 Å². The molecule has 7 nitrogen and oxygen atoms in total. The highest BCUT2D eigenvalue weighted by Crippen LogP contribution is 2.46. The standard InChI is InChI=1S/C33H32F6N2O5/c1-21(24-15-26(32(34,35)36)17-27(16-24)33(37,38)39)45-20-31(25-11-7-4-8-12-25)14-13-30(22(2)46-28(42)40-30)19-41(31)29(43)44-18-23-9-5-3-6-10-23/h3-12,15-17,21-22H,13-14,18-20H2,1-2H3,(H,40,42)/t21-,22?,30?,31?/m1/s1. The van der Waals surface area contributed by atoms with E-state index in [0.717, 1.165) is 0 Å². The molecule has 0 aliphatic carbocycles. The van der Waals surface area contributed by atoms with Crippen molar-refractivity contribution in [2.75, 3.05) is 13.2 Å². The normalized spacial score (nSPS) is 24.0. The van der Waals surface area contributed by atoms with E-state index in [-0.39, 0.29) is 37.8 Å². The minimum Gasteiger partial charge on any atom is -0.445 e. The van der Waals surface area contributed by atoms with Crippen molar-refractivity contribution in [1.82, 2.24) is 10.2 Å². The molecule has 0 saturated carbocycles. The molecule has 2 fully saturated rings. The minimum atomic E-state index is -5.03. The highest BCUT2D eigenvalue weighted by atomic mass is 19.4. The third-order valence-electron chi connectivity index (χ3n) is 8.74. The van der Waals surface area contributed by atoms with Gasteiger partial charge in [0.1, 0.15) is 12.7 Å². The predicted molar refractivity (Wildman–Crippen MR) is 153 cm³/mol. The van der Waals surface area contributed by atoms with Gasteiger partial charge in [-0.15, -0.1) is 0 Å². The van der Waals surface area contributed by atoms with Crippen molar-refractivity contribution < 1.29 is 50.1 Å². The number of alkyl carbamates (subject to hydrolysis) is 1. The number of alkyl halides is 6. The summed E-state index contributed by atoms with van der Waals surface area (Å²) in [6.07, 6.45) is -12.8. The van der Waals surface area contributed by atoms with Crippen molar-refractivity contribution in [1.29, 1.82) is 0 Å². The van der Waals surface area contributed by atoms with Crippen LogP contribution in [0.5, 0.6) is 0 Å². The van der Waals surface area contributed by atoms with Crippen molar-refractivity contribution in [3.05, 3.63) is 107 Å². The highest BCUT2D eigenvalue weighted by Gasteiger charge is 2.57. The van der Waals surface area contributed by atoms with Crippen LogP contribution in [0.25, 0.3) is 0 Å². The highest BCUT2D eigenvalue weighted by molar-refractivity contribution is 5.73. The van der Waals surface area contributed by atoms with Crippen LogP contribution in [-0.2, 0) is 38.7 Å². The van der Waals surface area contributed by atoms with Gasteiger partial charge in [-0.1, -0.05) is 60.7 Å². The molecule has 4 atom stereocenters. The number of nitrogens with zero attached hydrogens (tertiary/aromatic N) is 1. The Hall–Kier alpha value is -4.26. The molecule has 2 saturated heterocycles. The van der Waals surface area contributed by atoms with Gasteiger partial charge in [-0.05, 0) is 61.6 Å². The Morgan fingerprint density at radius 2 is 1.54 bits per heavy atom. The van der Waals surface area contributed by atoms with Crippen LogP contribution in [0.3, 0.4) is 0 Å². The van der Waals surface area contributed by atoms with Gasteiger partial charge in [0, 0.05) is 0 Å². The Balaban J connectivity index is 1.51. The van der Waals surface area contributed by atoms with Gasteiger partial charge in [-0.3, -0.25) is 4.90 Å². The molecule has 3 unspecified atom stereocenters. The first-order valence-electron chi connectivity index (χ1n) is 14.6. The summed E-state index contributed by atoms with van der Waals surface area (Å²) in [6.45, 7) is 2.60. The monoisotopic (exact) mass is 650 g/mol. The Kier molecular flexibility index (Phi) is 9.00. The maximum atomic E-state index is 14.0. The van der Waals surface area contributed by atoms with E-state index in [2.05, 4.69) is 5.32 Å². The molecular formula is C33H32F6N2O5. The second kappa shape index (κ2) is 12.5. The fourth-order valence-electron chi connectivity index (χ4n) is 6.01. The maximum absolute atomic E-state index is 14.0. The number of nitrogens with one attached hydrogen (secondary N) is 1. The Morgan fingerprint density at radius 3 is 2.09 bits per heavy atom. The van der Waals surface area contributed by atoms with Crippen LogP contribution >= 0.6 is 0 Å². The number of cyclic esters (lactones) is 1. The number of carbonyl (C=O) groups is 2. The van der Waals surface area contributed by atoms with Crippen LogP contribution < -0.4 is 5.32 Å². The van der Waals surface area contributed by atoms with Gasteiger partial charge in [0.2, 0.25) is 0 Å². The lowest BCUT2D eigenvalue weighted by Crippen LogP contribution is -2.67. The average molecular weight is 651 g/mol. The molecular weight excluding hydrogens is 618 g/mol. The number of hydrogen-bond acceptors (Lipinski definition) is 5. The van der Waals surface area contributed by atoms with E-state index < -0.39 is 59.0 Å². The quantitative estimate of drug-likeness (QED) is 0.263. The fourth-order valence-corrected chi connectivity index (χ4v) is 6.01. The molecule has 46 heavy (non-hydrogen) atoms. The zero-order valence-electron chi connectivity index (χ0n) is 25.0. The van der Waals surface area contributed by atoms with Crippen LogP contribution in [0.15, 0.2) is 78.9 Å². The number of ether oxygens (including phenoxy) is 3. The van der Waals surface area contributed by atoms with E-state index in [0.29, 0.717) is 29.7 Å². The third kappa shape index (κ3) is 6.79. The van der Waals surface area contributed by atoms with Crippen molar-refractivity contribution in [3.8, 4) is 0 Å². The van der Waals surface area contributed by atoms with Crippen LogP contribution in [-0.4, -0.2) is 41.9 Å². The molecule has 1 N–H and O–H groups in total. The summed E-state index contributed by atoms with van der Waals surface area (Å²) >= 11 is 0. The molecule has 2 aliphatic rings. The number of rotatable bonds is 7.